The maximum Gasteiger partial charge on any atom is 0.410 e. The van der Waals surface area contributed by atoms with Crippen LogP contribution >= 0.6 is 0 Å². The molecule has 0 radical (unpaired) electrons. The van der Waals surface area contributed by atoms with Crippen molar-refractivity contribution in [1.29, 1.82) is 0 Å². The normalized spacial score (nSPS) is 18.8. The molecule has 1 atom stereocenters. The van der Waals surface area contributed by atoms with Crippen LogP contribution in [0.2, 0.25) is 0 Å². The second kappa shape index (κ2) is 6.72. The first-order valence-corrected chi connectivity index (χ1v) is 6.92. The van der Waals surface area contributed by atoms with Gasteiger partial charge in [-0.15, -0.1) is 0 Å². The second-order valence-electron chi connectivity index (χ2n) is 5.78. The number of rotatable bonds is 4. The molecule has 20 heavy (non-hydrogen) atoms. The highest BCUT2D eigenvalue weighted by Gasteiger charge is 2.37. The monoisotopic (exact) mass is 285 g/mol. The molecule has 1 heterocycles. The molecule has 1 rings (SSSR count). The summed E-state index contributed by atoms with van der Waals surface area (Å²) >= 11 is 0. The Morgan fingerprint density at radius 2 is 1.90 bits per heavy atom. The minimum Gasteiger partial charge on any atom is -0.466 e. The molecular formula is C14H23NO5. The fraction of sp³-hybridized carbons (Fsp3) is 0.786. The Morgan fingerprint density at radius 3 is 2.45 bits per heavy atom. The van der Waals surface area contributed by atoms with Crippen LogP contribution in [-0.2, 0) is 19.1 Å². The number of esters is 1. The van der Waals surface area contributed by atoms with E-state index in [1.165, 1.54) is 4.90 Å². The van der Waals surface area contributed by atoms with Crippen LogP contribution in [0.4, 0.5) is 4.79 Å². The van der Waals surface area contributed by atoms with Gasteiger partial charge < -0.3 is 9.47 Å². The largest absolute Gasteiger partial charge is 0.466 e. The van der Waals surface area contributed by atoms with Crippen molar-refractivity contribution in [3.63, 3.8) is 0 Å². The summed E-state index contributed by atoms with van der Waals surface area (Å²) in [5, 5.41) is 0. The fourth-order valence-electron chi connectivity index (χ4n) is 2.11. The number of nitrogens with zero attached hydrogens (tertiary/aromatic N) is 1. The molecule has 0 aromatic rings. The molecule has 1 amide bonds. The number of hydrogen-bond acceptors (Lipinski definition) is 5. The number of ether oxygens (including phenoxy) is 2. The third-order valence-corrected chi connectivity index (χ3v) is 2.88. The Morgan fingerprint density at radius 1 is 1.25 bits per heavy atom. The van der Waals surface area contributed by atoms with E-state index in [4.69, 9.17) is 9.47 Å². The standard InChI is InChI=1S/C14H23NO5/c1-5-19-12(17)9-11(16)10-7-6-8-15(10)13(18)20-14(2,3)4/h10H,5-9H2,1-4H3/t10-/m1/s1. The van der Waals surface area contributed by atoms with Crippen molar-refractivity contribution in [2.45, 2.75) is 58.6 Å². The highest BCUT2D eigenvalue weighted by Crippen LogP contribution is 2.22. The summed E-state index contributed by atoms with van der Waals surface area (Å²) in [5.74, 6) is -0.833. The Hall–Kier alpha value is -1.59. The van der Waals surface area contributed by atoms with Gasteiger partial charge in [-0.25, -0.2) is 4.79 Å². The molecule has 6 nitrogen and oxygen atoms in total. The van der Waals surface area contributed by atoms with Crippen molar-refractivity contribution in [2.75, 3.05) is 13.2 Å². The molecule has 0 bridgehead atoms. The van der Waals surface area contributed by atoms with E-state index in [0.717, 1.165) is 6.42 Å². The minimum atomic E-state index is -0.603. The van der Waals surface area contributed by atoms with Crippen molar-refractivity contribution in [1.82, 2.24) is 4.90 Å². The quantitative estimate of drug-likeness (QED) is 0.582. The summed E-state index contributed by atoms with van der Waals surface area (Å²) < 4.78 is 10.0. The zero-order valence-electron chi connectivity index (χ0n) is 12.6. The van der Waals surface area contributed by atoms with E-state index in [0.29, 0.717) is 13.0 Å². The molecule has 1 saturated heterocycles. The summed E-state index contributed by atoms with van der Waals surface area (Å²) in [6.07, 6.45) is 0.505. The Kier molecular flexibility index (Phi) is 5.53. The van der Waals surface area contributed by atoms with Gasteiger partial charge in [-0.3, -0.25) is 14.5 Å². The molecular weight excluding hydrogens is 262 g/mol. The van der Waals surface area contributed by atoms with Gasteiger partial charge >= 0.3 is 12.1 Å². The summed E-state index contributed by atoms with van der Waals surface area (Å²) in [6, 6.07) is -0.575. The zero-order valence-corrected chi connectivity index (χ0v) is 12.6. The van der Waals surface area contributed by atoms with E-state index in [1.54, 1.807) is 27.7 Å². The van der Waals surface area contributed by atoms with Crippen LogP contribution in [0.3, 0.4) is 0 Å². The Balaban J connectivity index is 2.62. The van der Waals surface area contributed by atoms with Crippen LogP contribution in [0.15, 0.2) is 0 Å². The van der Waals surface area contributed by atoms with E-state index in [2.05, 4.69) is 0 Å². The SMILES string of the molecule is CCOC(=O)CC(=O)[C@H]1CCCN1C(=O)OC(C)(C)C. The number of amides is 1. The summed E-state index contributed by atoms with van der Waals surface area (Å²) in [7, 11) is 0. The summed E-state index contributed by atoms with van der Waals surface area (Å²) in [4.78, 5) is 36.8. The van der Waals surface area contributed by atoms with Gasteiger partial charge in [0.05, 0.1) is 12.6 Å². The molecule has 6 heteroatoms. The van der Waals surface area contributed by atoms with E-state index < -0.39 is 23.7 Å². The van der Waals surface area contributed by atoms with Gasteiger partial charge in [-0.05, 0) is 40.5 Å². The average Bonchev–Trinajstić information content (AvgIpc) is 2.75. The first-order chi connectivity index (χ1) is 9.24. The van der Waals surface area contributed by atoms with Crippen molar-refractivity contribution in [2.24, 2.45) is 0 Å². The maximum atomic E-state index is 12.1. The number of Topliss-reactive ketones (excluding diaryl/α,β-unsaturated/α-hetero) is 1. The molecule has 114 valence electrons. The lowest BCUT2D eigenvalue weighted by atomic mass is 10.1. The van der Waals surface area contributed by atoms with Crippen molar-refractivity contribution >= 4 is 17.8 Å². The Bertz CT molecular complexity index is 386. The van der Waals surface area contributed by atoms with Gasteiger partial charge in [0.15, 0.2) is 5.78 Å². The molecule has 0 aliphatic carbocycles. The van der Waals surface area contributed by atoms with E-state index in [1.807, 2.05) is 0 Å². The number of carbonyl (C=O) groups excluding carboxylic acids is 3. The zero-order chi connectivity index (χ0) is 15.3. The van der Waals surface area contributed by atoms with E-state index in [-0.39, 0.29) is 18.8 Å². The van der Waals surface area contributed by atoms with E-state index in [9.17, 15) is 14.4 Å². The van der Waals surface area contributed by atoms with Gasteiger partial charge in [-0.2, -0.15) is 0 Å². The molecule has 1 fully saturated rings. The number of hydrogen-bond donors (Lipinski definition) is 0. The molecule has 0 aromatic heterocycles. The van der Waals surface area contributed by atoms with Crippen LogP contribution in [0.25, 0.3) is 0 Å². The number of carbonyl (C=O) groups is 3. The molecule has 1 aliphatic rings. The summed E-state index contributed by atoms with van der Waals surface area (Å²) in [6.45, 7) is 7.73. The van der Waals surface area contributed by atoms with Crippen molar-refractivity contribution in [3.8, 4) is 0 Å². The highest BCUT2D eigenvalue weighted by molar-refractivity contribution is 5.99. The van der Waals surface area contributed by atoms with Crippen LogP contribution in [0, 0.1) is 0 Å². The predicted octanol–water partition coefficient (Wildman–Crippen LogP) is 1.91. The molecule has 0 saturated carbocycles. The fourth-order valence-corrected chi connectivity index (χ4v) is 2.11. The van der Waals surface area contributed by atoms with Gasteiger partial charge in [-0.1, -0.05) is 0 Å². The summed E-state index contributed by atoms with van der Waals surface area (Å²) in [5.41, 5.74) is -0.603. The predicted molar refractivity (Wildman–Crippen MR) is 72.2 cm³/mol. The minimum absolute atomic E-state index is 0.243. The lowest BCUT2D eigenvalue weighted by Gasteiger charge is -2.27. The van der Waals surface area contributed by atoms with Crippen molar-refractivity contribution in [3.05, 3.63) is 0 Å². The van der Waals surface area contributed by atoms with E-state index >= 15 is 0 Å². The molecule has 0 aromatic carbocycles. The highest BCUT2D eigenvalue weighted by atomic mass is 16.6. The third-order valence-electron chi connectivity index (χ3n) is 2.88. The van der Waals surface area contributed by atoms with Crippen LogP contribution in [0.5, 0.6) is 0 Å². The average molecular weight is 285 g/mol. The first kappa shape index (κ1) is 16.5. The van der Waals surface area contributed by atoms with Gasteiger partial charge in [0.1, 0.15) is 12.0 Å². The van der Waals surface area contributed by atoms with Gasteiger partial charge in [0, 0.05) is 6.54 Å². The van der Waals surface area contributed by atoms with Crippen molar-refractivity contribution < 1.29 is 23.9 Å². The van der Waals surface area contributed by atoms with Crippen LogP contribution < -0.4 is 0 Å². The first-order valence-electron chi connectivity index (χ1n) is 6.92. The van der Waals surface area contributed by atoms with Crippen LogP contribution in [0.1, 0.15) is 47.0 Å². The smallest absolute Gasteiger partial charge is 0.410 e. The molecule has 1 aliphatic heterocycles. The molecule has 0 N–H and O–H groups in total. The number of ketones is 1. The number of likely N-dealkylation sites (tertiary alicyclic amines) is 1. The van der Waals surface area contributed by atoms with Gasteiger partial charge in [0.2, 0.25) is 0 Å². The molecule has 0 unspecified atom stereocenters. The maximum absolute atomic E-state index is 12.1. The lowest BCUT2D eigenvalue weighted by Crippen LogP contribution is -2.43. The lowest BCUT2D eigenvalue weighted by molar-refractivity contribution is -0.146. The van der Waals surface area contributed by atoms with Gasteiger partial charge in [0.25, 0.3) is 0 Å². The third kappa shape index (κ3) is 4.83. The Labute approximate surface area is 119 Å². The second-order valence-corrected chi connectivity index (χ2v) is 5.78. The molecule has 0 spiro atoms. The van der Waals surface area contributed by atoms with Crippen LogP contribution in [-0.4, -0.2) is 47.5 Å². The topological polar surface area (TPSA) is 72.9 Å².